The quantitative estimate of drug-likeness (QED) is 0.359. The number of carbonyl (C=O) groups excluding carboxylic acids is 1. The van der Waals surface area contributed by atoms with Gasteiger partial charge >= 0.3 is 6.09 Å². The van der Waals surface area contributed by atoms with Gasteiger partial charge in [-0.3, -0.25) is 4.90 Å². The molecule has 2 N–H and O–H groups in total. The first-order chi connectivity index (χ1) is 23.7. The lowest BCUT2D eigenvalue weighted by atomic mass is 9.57. The molecule has 5 aliphatic rings. The minimum absolute atomic E-state index is 0.0134. The summed E-state index contributed by atoms with van der Waals surface area (Å²) in [5.41, 5.74) is 3.14. The van der Waals surface area contributed by atoms with E-state index < -0.39 is 5.60 Å². The van der Waals surface area contributed by atoms with E-state index in [1.807, 2.05) is 19.1 Å². The van der Waals surface area contributed by atoms with Gasteiger partial charge in [-0.15, -0.1) is 0 Å². The number of ether oxygens (including phenoxy) is 1. The number of halogens is 1. The number of hydrogen-bond donors (Lipinski definition) is 2. The fourth-order valence-electron chi connectivity index (χ4n) is 9.92. The normalized spacial score (nSPS) is 26.2. The van der Waals surface area contributed by atoms with Crippen LogP contribution in [0.15, 0.2) is 42.5 Å². The molecule has 0 radical (unpaired) electrons. The summed E-state index contributed by atoms with van der Waals surface area (Å²) >= 11 is 0. The van der Waals surface area contributed by atoms with Crippen LogP contribution in [0.3, 0.4) is 0 Å². The molecule has 7 rings (SSSR count). The number of methoxy groups -OCH3 is 1. The third-order valence-corrected chi connectivity index (χ3v) is 12.3. The Bertz CT molecular complexity index is 1520. The highest BCUT2D eigenvalue weighted by molar-refractivity contribution is 5.67. The van der Waals surface area contributed by atoms with Gasteiger partial charge in [-0.25, -0.2) is 9.18 Å². The Kier molecular flexibility index (Phi) is 9.91. The number of alkyl carbamates (subject to hydrolysis) is 1. The highest BCUT2D eigenvalue weighted by Gasteiger charge is 2.53. The number of piperidine rings is 1. The van der Waals surface area contributed by atoms with E-state index in [0.29, 0.717) is 37.0 Å². The molecule has 264 valence electrons. The van der Waals surface area contributed by atoms with Gasteiger partial charge in [0.05, 0.1) is 24.3 Å². The van der Waals surface area contributed by atoms with E-state index in [1.165, 1.54) is 19.2 Å². The number of nitriles is 1. The molecule has 4 aliphatic heterocycles. The SMILES string of the molecule is COC(=O)N[C@H]1CCC[C@@H]1[C@](CN1CCC1)(c1cccc(F)c1)C1CCN(CC2CN(c3ccc(C#N)c(CN4CC(C)(O)C4)c3)C2)CC1. The zero-order valence-corrected chi connectivity index (χ0v) is 29.2. The van der Waals surface area contributed by atoms with Crippen molar-refractivity contribution in [2.45, 2.75) is 69.1 Å². The van der Waals surface area contributed by atoms with Gasteiger partial charge in [-0.2, -0.15) is 5.26 Å². The molecule has 49 heavy (non-hydrogen) atoms. The molecule has 4 heterocycles. The Hall–Kier alpha value is -3.23. The Balaban J connectivity index is 1.02. The van der Waals surface area contributed by atoms with Crippen molar-refractivity contribution < 1.29 is 19.0 Å². The molecular weight excluding hydrogens is 619 g/mol. The van der Waals surface area contributed by atoms with Crippen LogP contribution < -0.4 is 10.2 Å². The van der Waals surface area contributed by atoms with Crippen LogP contribution in [0.1, 0.15) is 62.1 Å². The maximum absolute atomic E-state index is 15.0. The predicted octanol–water partition coefficient (Wildman–Crippen LogP) is 4.58. The van der Waals surface area contributed by atoms with Crippen molar-refractivity contribution in [3.63, 3.8) is 0 Å². The number of anilines is 1. The molecule has 0 bridgehead atoms. The van der Waals surface area contributed by atoms with Gasteiger partial charge in [0.15, 0.2) is 0 Å². The Morgan fingerprint density at radius 3 is 2.47 bits per heavy atom. The smallest absolute Gasteiger partial charge is 0.407 e. The number of amides is 1. The average molecular weight is 673 g/mol. The molecule has 2 aromatic rings. The minimum Gasteiger partial charge on any atom is -0.453 e. The van der Waals surface area contributed by atoms with Gasteiger partial charge in [-0.05, 0) is 119 Å². The number of β-amino-alcohol motifs (C(OH)–C–C–N with tert-alkyl or cyclic N) is 1. The summed E-state index contributed by atoms with van der Waals surface area (Å²) in [6, 6.07) is 15.9. The first-order valence-corrected chi connectivity index (χ1v) is 18.4. The van der Waals surface area contributed by atoms with Crippen LogP contribution in [0.4, 0.5) is 14.9 Å². The minimum atomic E-state index is -0.625. The predicted molar refractivity (Wildman–Crippen MR) is 188 cm³/mol. The van der Waals surface area contributed by atoms with Crippen LogP contribution in [-0.2, 0) is 16.7 Å². The number of rotatable bonds is 11. The van der Waals surface area contributed by atoms with Crippen LogP contribution in [0.5, 0.6) is 0 Å². The number of carbonyl (C=O) groups is 1. The lowest BCUT2D eigenvalue weighted by molar-refractivity contribution is -0.0871. The van der Waals surface area contributed by atoms with E-state index in [4.69, 9.17) is 4.74 Å². The second-order valence-electron chi connectivity index (χ2n) is 15.9. The Morgan fingerprint density at radius 1 is 1.04 bits per heavy atom. The van der Waals surface area contributed by atoms with E-state index >= 15 is 0 Å². The average Bonchev–Trinajstić information content (AvgIpc) is 3.50. The lowest BCUT2D eigenvalue weighted by Gasteiger charge is -2.54. The van der Waals surface area contributed by atoms with Gasteiger partial charge in [0.1, 0.15) is 5.82 Å². The summed E-state index contributed by atoms with van der Waals surface area (Å²) in [5, 5.41) is 23.0. The van der Waals surface area contributed by atoms with Crippen LogP contribution in [0, 0.1) is 34.9 Å². The fraction of sp³-hybridized carbons (Fsp3) is 0.641. The van der Waals surface area contributed by atoms with Crippen molar-refractivity contribution in [1.29, 1.82) is 5.26 Å². The molecule has 0 unspecified atom stereocenters. The zero-order valence-electron chi connectivity index (χ0n) is 29.2. The molecule has 10 heteroatoms. The first kappa shape index (κ1) is 34.2. The second kappa shape index (κ2) is 14.2. The number of nitrogens with zero attached hydrogens (tertiary/aromatic N) is 5. The summed E-state index contributed by atoms with van der Waals surface area (Å²) in [4.78, 5) is 22.3. The van der Waals surface area contributed by atoms with E-state index in [0.717, 1.165) is 95.6 Å². The Labute approximate surface area is 291 Å². The molecule has 0 aromatic heterocycles. The monoisotopic (exact) mass is 672 g/mol. The third kappa shape index (κ3) is 7.18. The standard InChI is InChI=1S/C39H53FN6O3/c1-38(48)25-45(26-38)24-30-18-34(11-10-29(30)20-41)46-22-28(23-46)21-43-16-12-31(13-17-43)39(27-44-14-5-15-44,32-6-3-7-33(40)19-32)35-8-4-9-36(35)42-37(47)49-2/h3,6-7,10-11,18-19,28,31,35-36,48H,4-5,8-9,12-17,21-27H2,1-2H3,(H,42,47)/t35-,36-,39-/m0/s1. The van der Waals surface area contributed by atoms with E-state index in [9.17, 15) is 19.6 Å². The summed E-state index contributed by atoms with van der Waals surface area (Å²) in [7, 11) is 1.43. The van der Waals surface area contributed by atoms with Crippen molar-refractivity contribution in [3.05, 3.63) is 65.0 Å². The van der Waals surface area contributed by atoms with E-state index in [1.54, 1.807) is 12.1 Å². The third-order valence-electron chi connectivity index (χ3n) is 12.3. The van der Waals surface area contributed by atoms with Crippen LogP contribution in [0.25, 0.3) is 0 Å². The van der Waals surface area contributed by atoms with Crippen molar-refractivity contribution >= 4 is 11.8 Å². The van der Waals surface area contributed by atoms with Gasteiger partial charge in [0.25, 0.3) is 0 Å². The van der Waals surface area contributed by atoms with Crippen molar-refractivity contribution in [2.75, 3.05) is 77.5 Å². The fourth-order valence-corrected chi connectivity index (χ4v) is 9.92. The van der Waals surface area contributed by atoms with Gasteiger partial charge < -0.3 is 29.9 Å². The summed E-state index contributed by atoms with van der Waals surface area (Å²) in [5.74, 6) is 1.02. The summed E-state index contributed by atoms with van der Waals surface area (Å²) < 4.78 is 20.0. The van der Waals surface area contributed by atoms with Crippen molar-refractivity contribution in [3.8, 4) is 6.07 Å². The highest BCUT2D eigenvalue weighted by Crippen LogP contribution is 2.51. The van der Waals surface area contributed by atoms with E-state index in [-0.39, 0.29) is 29.3 Å². The van der Waals surface area contributed by atoms with Gasteiger partial charge in [0.2, 0.25) is 0 Å². The molecule has 4 saturated heterocycles. The van der Waals surface area contributed by atoms with E-state index in [2.05, 4.69) is 49.2 Å². The molecule has 1 aliphatic carbocycles. The lowest BCUT2D eigenvalue weighted by Crippen LogP contribution is -2.60. The molecular formula is C39H53FN6O3. The molecule has 2 aromatic carbocycles. The van der Waals surface area contributed by atoms with Gasteiger partial charge in [-0.1, -0.05) is 18.6 Å². The second-order valence-corrected chi connectivity index (χ2v) is 15.9. The number of benzene rings is 2. The Morgan fingerprint density at radius 2 is 1.82 bits per heavy atom. The topological polar surface area (TPSA) is 95.3 Å². The number of hydrogen-bond acceptors (Lipinski definition) is 8. The molecule has 0 spiro atoms. The van der Waals surface area contributed by atoms with Crippen LogP contribution in [0.2, 0.25) is 0 Å². The number of likely N-dealkylation sites (tertiary alicyclic amines) is 3. The molecule has 3 atom stereocenters. The first-order valence-electron chi connectivity index (χ1n) is 18.4. The number of nitrogens with one attached hydrogen (secondary N) is 1. The van der Waals surface area contributed by atoms with Crippen LogP contribution >= 0.6 is 0 Å². The van der Waals surface area contributed by atoms with Gasteiger partial charge in [0, 0.05) is 68.9 Å². The largest absolute Gasteiger partial charge is 0.453 e. The molecule has 1 saturated carbocycles. The highest BCUT2D eigenvalue weighted by atomic mass is 19.1. The summed E-state index contributed by atoms with van der Waals surface area (Å²) in [6.07, 6.45) is 5.95. The molecule has 5 fully saturated rings. The van der Waals surface area contributed by atoms with Crippen LogP contribution in [-0.4, -0.2) is 110 Å². The zero-order chi connectivity index (χ0) is 34.2. The maximum atomic E-state index is 15.0. The molecule has 9 nitrogen and oxygen atoms in total. The van der Waals surface area contributed by atoms with Crippen molar-refractivity contribution in [2.24, 2.45) is 17.8 Å². The number of aliphatic hydroxyl groups is 1. The summed E-state index contributed by atoms with van der Waals surface area (Å²) in [6.45, 7) is 12.0. The van der Waals surface area contributed by atoms with Crippen molar-refractivity contribution in [1.82, 2.24) is 20.0 Å². The molecule has 1 amide bonds. The maximum Gasteiger partial charge on any atom is 0.407 e.